The Morgan fingerprint density at radius 2 is 1.67 bits per heavy atom. The van der Waals surface area contributed by atoms with Crippen molar-refractivity contribution in [3.8, 4) is 11.5 Å². The zero-order valence-corrected chi connectivity index (χ0v) is 12.5. The van der Waals surface area contributed by atoms with Crippen LogP contribution in [-0.2, 0) is 6.42 Å². The summed E-state index contributed by atoms with van der Waals surface area (Å²) < 4.78 is 10.5. The van der Waals surface area contributed by atoms with Crippen LogP contribution in [0, 0.1) is 0 Å². The van der Waals surface area contributed by atoms with Gasteiger partial charge in [-0.2, -0.15) is 0 Å². The minimum Gasteiger partial charge on any atom is -0.493 e. The first kappa shape index (κ1) is 15.1. The number of rotatable bonds is 6. The number of carbonyl (C=O) groups is 1. The van der Waals surface area contributed by atoms with Gasteiger partial charge in [0.25, 0.3) is 0 Å². The van der Waals surface area contributed by atoms with Crippen molar-refractivity contribution in [3.05, 3.63) is 59.7 Å². The van der Waals surface area contributed by atoms with Crippen LogP contribution in [0.1, 0.15) is 35.7 Å². The van der Waals surface area contributed by atoms with Gasteiger partial charge in [0.1, 0.15) is 0 Å². The summed E-state index contributed by atoms with van der Waals surface area (Å²) in [5.41, 5.74) is 1.78. The molecule has 0 fully saturated rings. The van der Waals surface area contributed by atoms with E-state index >= 15 is 0 Å². The van der Waals surface area contributed by atoms with Crippen LogP contribution in [0.5, 0.6) is 11.5 Å². The van der Waals surface area contributed by atoms with Crippen molar-refractivity contribution in [1.29, 1.82) is 0 Å². The van der Waals surface area contributed by atoms with Crippen LogP contribution in [0.3, 0.4) is 0 Å². The predicted molar refractivity (Wildman–Crippen MR) is 83.0 cm³/mol. The van der Waals surface area contributed by atoms with Crippen LogP contribution < -0.4 is 9.47 Å². The first-order chi connectivity index (χ1) is 10.2. The molecule has 2 aromatic carbocycles. The molecule has 3 heteroatoms. The number of para-hydroxylation sites is 2. The van der Waals surface area contributed by atoms with Gasteiger partial charge in [-0.15, -0.1) is 0 Å². The lowest BCUT2D eigenvalue weighted by atomic mass is 10.1. The van der Waals surface area contributed by atoms with E-state index in [1.165, 1.54) is 5.56 Å². The summed E-state index contributed by atoms with van der Waals surface area (Å²) in [5, 5.41) is 0. The van der Waals surface area contributed by atoms with E-state index in [9.17, 15) is 4.79 Å². The fraction of sp³-hybridized carbons (Fsp3) is 0.278. The van der Waals surface area contributed by atoms with Gasteiger partial charge in [0.15, 0.2) is 11.5 Å². The predicted octanol–water partition coefficient (Wildman–Crippen LogP) is 4.26. The molecule has 2 aromatic rings. The zero-order valence-electron chi connectivity index (χ0n) is 12.5. The highest BCUT2D eigenvalue weighted by Crippen LogP contribution is 2.26. The molecule has 0 spiro atoms. The highest BCUT2D eigenvalue weighted by Gasteiger charge is 2.11. The Balaban J connectivity index is 2.06. The van der Waals surface area contributed by atoms with Crippen molar-refractivity contribution in [2.75, 3.05) is 7.11 Å². The zero-order chi connectivity index (χ0) is 15.1. The second kappa shape index (κ2) is 7.48. The van der Waals surface area contributed by atoms with Crippen LogP contribution in [-0.4, -0.2) is 13.1 Å². The molecule has 0 saturated carbocycles. The van der Waals surface area contributed by atoms with Crippen LogP contribution in [0.25, 0.3) is 0 Å². The molecule has 0 aliphatic heterocycles. The van der Waals surface area contributed by atoms with Crippen molar-refractivity contribution >= 4 is 5.97 Å². The molecule has 110 valence electrons. The SMILES string of the molecule is CCCCc1ccc(C(=O)Oc2ccccc2OC)cc1. The number of hydrogen-bond donors (Lipinski definition) is 0. The molecule has 0 aliphatic rings. The van der Waals surface area contributed by atoms with Crippen molar-refractivity contribution < 1.29 is 14.3 Å². The van der Waals surface area contributed by atoms with Crippen LogP contribution >= 0.6 is 0 Å². The molecule has 2 rings (SSSR count). The average Bonchev–Trinajstić information content (AvgIpc) is 2.54. The van der Waals surface area contributed by atoms with Gasteiger partial charge in [-0.1, -0.05) is 37.6 Å². The van der Waals surface area contributed by atoms with Gasteiger partial charge in [-0.05, 0) is 42.7 Å². The quantitative estimate of drug-likeness (QED) is 0.587. The normalized spacial score (nSPS) is 10.2. The van der Waals surface area contributed by atoms with Gasteiger partial charge in [0, 0.05) is 0 Å². The molecule has 3 nitrogen and oxygen atoms in total. The Morgan fingerprint density at radius 1 is 1.00 bits per heavy atom. The van der Waals surface area contributed by atoms with E-state index in [1.54, 1.807) is 25.3 Å². The van der Waals surface area contributed by atoms with Gasteiger partial charge in [0.2, 0.25) is 0 Å². The van der Waals surface area contributed by atoms with Crippen LogP contribution in [0.4, 0.5) is 0 Å². The Kier molecular flexibility index (Phi) is 5.38. The summed E-state index contributed by atoms with van der Waals surface area (Å²) >= 11 is 0. The number of methoxy groups -OCH3 is 1. The van der Waals surface area contributed by atoms with Gasteiger partial charge in [0.05, 0.1) is 12.7 Å². The Hall–Kier alpha value is -2.29. The summed E-state index contributed by atoms with van der Waals surface area (Å²) in [4.78, 5) is 12.1. The molecule has 0 aliphatic carbocycles. The lowest BCUT2D eigenvalue weighted by Crippen LogP contribution is -2.09. The van der Waals surface area contributed by atoms with Crippen molar-refractivity contribution in [2.24, 2.45) is 0 Å². The summed E-state index contributed by atoms with van der Waals surface area (Å²) in [6.45, 7) is 2.17. The minimum absolute atomic E-state index is 0.374. The van der Waals surface area contributed by atoms with E-state index in [-0.39, 0.29) is 5.97 Å². The maximum Gasteiger partial charge on any atom is 0.343 e. The van der Waals surface area contributed by atoms with E-state index < -0.39 is 0 Å². The molecule has 0 amide bonds. The van der Waals surface area contributed by atoms with Crippen molar-refractivity contribution in [1.82, 2.24) is 0 Å². The lowest BCUT2D eigenvalue weighted by molar-refractivity contribution is 0.0729. The minimum atomic E-state index is -0.374. The Morgan fingerprint density at radius 3 is 2.29 bits per heavy atom. The fourth-order valence-corrected chi connectivity index (χ4v) is 2.05. The molecular weight excluding hydrogens is 264 g/mol. The lowest BCUT2D eigenvalue weighted by Gasteiger charge is -2.09. The molecule has 21 heavy (non-hydrogen) atoms. The molecule has 0 bridgehead atoms. The fourth-order valence-electron chi connectivity index (χ4n) is 2.05. The third-order valence-corrected chi connectivity index (χ3v) is 3.28. The van der Waals surface area contributed by atoms with Gasteiger partial charge in [-0.25, -0.2) is 4.79 Å². The second-order valence-corrected chi connectivity index (χ2v) is 4.84. The smallest absolute Gasteiger partial charge is 0.343 e. The third kappa shape index (κ3) is 4.09. The number of hydrogen-bond acceptors (Lipinski definition) is 3. The van der Waals surface area contributed by atoms with E-state index in [2.05, 4.69) is 6.92 Å². The largest absolute Gasteiger partial charge is 0.493 e. The highest BCUT2D eigenvalue weighted by atomic mass is 16.6. The Bertz CT molecular complexity index is 588. The van der Waals surface area contributed by atoms with Crippen molar-refractivity contribution in [3.63, 3.8) is 0 Å². The van der Waals surface area contributed by atoms with Crippen LogP contribution in [0.15, 0.2) is 48.5 Å². The number of unbranched alkanes of at least 4 members (excludes halogenated alkanes) is 1. The van der Waals surface area contributed by atoms with E-state index in [0.717, 1.165) is 19.3 Å². The number of benzene rings is 2. The van der Waals surface area contributed by atoms with E-state index in [1.807, 2.05) is 30.3 Å². The molecule has 0 unspecified atom stereocenters. The topological polar surface area (TPSA) is 35.5 Å². The molecule has 0 saturated heterocycles. The number of carbonyl (C=O) groups excluding carboxylic acids is 1. The summed E-state index contributed by atoms with van der Waals surface area (Å²) in [7, 11) is 1.55. The average molecular weight is 284 g/mol. The Labute approximate surface area is 125 Å². The first-order valence-corrected chi connectivity index (χ1v) is 7.18. The number of esters is 1. The van der Waals surface area contributed by atoms with Crippen LogP contribution in [0.2, 0.25) is 0 Å². The van der Waals surface area contributed by atoms with Gasteiger partial charge >= 0.3 is 5.97 Å². The van der Waals surface area contributed by atoms with E-state index in [4.69, 9.17) is 9.47 Å². The maximum absolute atomic E-state index is 12.1. The monoisotopic (exact) mass is 284 g/mol. The standard InChI is InChI=1S/C18H20O3/c1-3-4-7-14-10-12-15(13-11-14)18(19)21-17-9-6-5-8-16(17)20-2/h5-6,8-13H,3-4,7H2,1-2H3. The molecular formula is C18H20O3. The number of aryl methyl sites for hydroxylation is 1. The molecule has 0 atom stereocenters. The molecule has 0 radical (unpaired) electrons. The highest BCUT2D eigenvalue weighted by molar-refractivity contribution is 5.91. The van der Waals surface area contributed by atoms with E-state index in [0.29, 0.717) is 17.1 Å². The molecule has 0 aromatic heterocycles. The third-order valence-electron chi connectivity index (χ3n) is 3.28. The summed E-state index contributed by atoms with van der Waals surface area (Å²) in [6.07, 6.45) is 3.36. The van der Waals surface area contributed by atoms with Gasteiger partial charge in [-0.3, -0.25) is 0 Å². The molecule has 0 N–H and O–H groups in total. The summed E-state index contributed by atoms with van der Waals surface area (Å²) in [5.74, 6) is 0.604. The summed E-state index contributed by atoms with van der Waals surface area (Å²) in [6, 6.07) is 14.7. The first-order valence-electron chi connectivity index (χ1n) is 7.18. The number of ether oxygens (including phenoxy) is 2. The maximum atomic E-state index is 12.1. The van der Waals surface area contributed by atoms with Crippen molar-refractivity contribution in [2.45, 2.75) is 26.2 Å². The molecule has 0 heterocycles. The second-order valence-electron chi connectivity index (χ2n) is 4.84. The van der Waals surface area contributed by atoms with Gasteiger partial charge < -0.3 is 9.47 Å².